The quantitative estimate of drug-likeness (QED) is 0.749. The van der Waals surface area contributed by atoms with E-state index in [1.807, 2.05) is 6.92 Å². The van der Waals surface area contributed by atoms with Gasteiger partial charge in [-0.1, -0.05) is 12.1 Å². The zero-order valence-electron chi connectivity index (χ0n) is 16.5. The zero-order valence-corrected chi connectivity index (χ0v) is 16.5. The summed E-state index contributed by atoms with van der Waals surface area (Å²) in [6.45, 7) is 3.50. The molecule has 0 aromatic heterocycles. The van der Waals surface area contributed by atoms with E-state index in [4.69, 9.17) is 9.47 Å². The predicted molar refractivity (Wildman–Crippen MR) is 108 cm³/mol. The van der Waals surface area contributed by atoms with Crippen molar-refractivity contribution in [2.75, 3.05) is 26.3 Å². The summed E-state index contributed by atoms with van der Waals surface area (Å²) in [6.07, 6.45) is 1.32. The minimum absolute atomic E-state index is 0.000138. The Kier molecular flexibility index (Phi) is 6.94. The Hall–Kier alpha value is -3.22. The molecule has 2 N–H and O–H groups in total. The number of hydrogen-bond donors (Lipinski definition) is 2. The second-order valence-corrected chi connectivity index (χ2v) is 6.84. The first-order valence-electron chi connectivity index (χ1n) is 9.79. The Labute approximate surface area is 170 Å². The summed E-state index contributed by atoms with van der Waals surface area (Å²) >= 11 is 0. The lowest BCUT2D eigenvalue weighted by Crippen LogP contribution is -2.47. The van der Waals surface area contributed by atoms with Crippen molar-refractivity contribution in [2.45, 2.75) is 25.8 Å². The largest absolute Gasteiger partial charge is 0.507 e. The van der Waals surface area contributed by atoms with E-state index in [0.29, 0.717) is 43.9 Å². The van der Waals surface area contributed by atoms with Crippen molar-refractivity contribution in [1.29, 1.82) is 0 Å². The molecule has 29 heavy (non-hydrogen) atoms. The van der Waals surface area contributed by atoms with E-state index >= 15 is 0 Å². The Balaban J connectivity index is 1.41. The minimum Gasteiger partial charge on any atom is -0.507 e. The van der Waals surface area contributed by atoms with Gasteiger partial charge in [0.1, 0.15) is 17.2 Å². The van der Waals surface area contributed by atoms with Gasteiger partial charge in [-0.25, -0.2) is 0 Å². The normalized spacial score (nSPS) is 14.3. The van der Waals surface area contributed by atoms with Crippen molar-refractivity contribution < 1.29 is 24.2 Å². The summed E-state index contributed by atoms with van der Waals surface area (Å²) in [5.74, 6) is 0.969. The van der Waals surface area contributed by atoms with Gasteiger partial charge in [0.2, 0.25) is 0 Å². The average Bonchev–Trinajstić information content (AvgIpc) is 2.74. The molecule has 0 bridgehead atoms. The molecule has 1 fully saturated rings. The maximum absolute atomic E-state index is 12.5. The van der Waals surface area contributed by atoms with Gasteiger partial charge in [-0.3, -0.25) is 9.59 Å². The number of nitrogens with one attached hydrogen (secondary N) is 1. The lowest BCUT2D eigenvalue weighted by molar-refractivity contribution is -0.124. The molecule has 0 aliphatic carbocycles. The third-order valence-corrected chi connectivity index (χ3v) is 4.79. The number of carbonyl (C=O) groups is 2. The summed E-state index contributed by atoms with van der Waals surface area (Å²) < 4.78 is 10.9. The maximum atomic E-state index is 12.5. The van der Waals surface area contributed by atoms with Gasteiger partial charge in [-0.05, 0) is 56.2 Å². The molecular formula is C22H26N2O5. The van der Waals surface area contributed by atoms with Crippen LogP contribution >= 0.6 is 0 Å². The molecule has 1 aliphatic heterocycles. The Morgan fingerprint density at radius 2 is 1.66 bits per heavy atom. The van der Waals surface area contributed by atoms with Crippen LogP contribution in [0.15, 0.2) is 48.5 Å². The first-order chi connectivity index (χ1) is 14.1. The van der Waals surface area contributed by atoms with Gasteiger partial charge in [-0.15, -0.1) is 0 Å². The first kappa shape index (κ1) is 20.5. The van der Waals surface area contributed by atoms with Crippen molar-refractivity contribution >= 4 is 11.8 Å². The molecule has 2 aromatic rings. The number of amides is 2. The molecule has 7 heteroatoms. The second-order valence-electron chi connectivity index (χ2n) is 6.84. The number of nitrogens with zero attached hydrogens (tertiary/aromatic N) is 1. The molecule has 0 atom stereocenters. The number of aromatic hydroxyl groups is 1. The van der Waals surface area contributed by atoms with E-state index < -0.39 is 0 Å². The van der Waals surface area contributed by atoms with Gasteiger partial charge in [-0.2, -0.15) is 0 Å². The van der Waals surface area contributed by atoms with Crippen LogP contribution in [0.5, 0.6) is 17.2 Å². The van der Waals surface area contributed by atoms with Crippen LogP contribution in [0.4, 0.5) is 0 Å². The molecule has 1 saturated heterocycles. The van der Waals surface area contributed by atoms with Crippen molar-refractivity contribution in [3.8, 4) is 17.2 Å². The molecule has 2 aromatic carbocycles. The molecule has 0 unspecified atom stereocenters. The smallest absolute Gasteiger partial charge is 0.258 e. The number of phenolic OH excluding ortho intramolecular Hbond substituents is 1. The fraction of sp³-hybridized carbons (Fsp3) is 0.364. The summed E-state index contributed by atoms with van der Waals surface area (Å²) in [5, 5.41) is 12.8. The summed E-state index contributed by atoms with van der Waals surface area (Å²) in [6, 6.07) is 13.7. The number of rotatable bonds is 7. The van der Waals surface area contributed by atoms with E-state index in [9.17, 15) is 14.7 Å². The average molecular weight is 398 g/mol. The van der Waals surface area contributed by atoms with Crippen LogP contribution in [0.25, 0.3) is 0 Å². The number of piperidine rings is 1. The maximum Gasteiger partial charge on any atom is 0.258 e. The van der Waals surface area contributed by atoms with Gasteiger partial charge in [0.15, 0.2) is 6.61 Å². The Morgan fingerprint density at radius 3 is 2.28 bits per heavy atom. The van der Waals surface area contributed by atoms with Crippen LogP contribution in [0.2, 0.25) is 0 Å². The van der Waals surface area contributed by atoms with Crippen molar-refractivity contribution in [1.82, 2.24) is 10.2 Å². The molecule has 154 valence electrons. The van der Waals surface area contributed by atoms with Gasteiger partial charge < -0.3 is 24.8 Å². The number of phenols is 1. The van der Waals surface area contributed by atoms with E-state index in [-0.39, 0.29) is 30.2 Å². The number of likely N-dealkylation sites (tertiary alicyclic amines) is 1. The highest BCUT2D eigenvalue weighted by Gasteiger charge is 2.25. The molecule has 1 aliphatic rings. The van der Waals surface area contributed by atoms with Crippen LogP contribution in [0, 0.1) is 0 Å². The molecular weight excluding hydrogens is 372 g/mol. The zero-order chi connectivity index (χ0) is 20.6. The third-order valence-electron chi connectivity index (χ3n) is 4.79. The number of ether oxygens (including phenoxy) is 2. The Bertz CT molecular complexity index is 829. The van der Waals surface area contributed by atoms with Gasteiger partial charge in [0, 0.05) is 19.1 Å². The van der Waals surface area contributed by atoms with E-state index in [1.54, 1.807) is 47.4 Å². The number of para-hydroxylation sites is 1. The molecule has 2 amide bonds. The number of hydrogen-bond acceptors (Lipinski definition) is 5. The van der Waals surface area contributed by atoms with Crippen LogP contribution in [-0.2, 0) is 4.79 Å². The van der Waals surface area contributed by atoms with Gasteiger partial charge in [0.05, 0.1) is 12.2 Å². The second kappa shape index (κ2) is 9.82. The summed E-state index contributed by atoms with van der Waals surface area (Å²) in [5.41, 5.74) is 0.304. The predicted octanol–water partition coefficient (Wildman–Crippen LogP) is 2.59. The van der Waals surface area contributed by atoms with Crippen molar-refractivity contribution in [3.05, 3.63) is 54.1 Å². The highest BCUT2D eigenvalue weighted by molar-refractivity contribution is 5.96. The lowest BCUT2D eigenvalue weighted by Gasteiger charge is -2.32. The molecule has 7 nitrogen and oxygen atoms in total. The summed E-state index contributed by atoms with van der Waals surface area (Å²) in [4.78, 5) is 26.4. The fourth-order valence-electron chi connectivity index (χ4n) is 3.27. The van der Waals surface area contributed by atoms with Crippen LogP contribution < -0.4 is 14.8 Å². The first-order valence-corrected chi connectivity index (χ1v) is 9.79. The highest BCUT2D eigenvalue weighted by atomic mass is 16.5. The van der Waals surface area contributed by atoms with Crippen LogP contribution in [0.3, 0.4) is 0 Å². The topological polar surface area (TPSA) is 88.1 Å². The number of carbonyl (C=O) groups excluding carboxylic acids is 2. The van der Waals surface area contributed by atoms with E-state index in [1.165, 1.54) is 6.07 Å². The third kappa shape index (κ3) is 5.63. The monoisotopic (exact) mass is 398 g/mol. The molecule has 0 radical (unpaired) electrons. The summed E-state index contributed by atoms with van der Waals surface area (Å²) in [7, 11) is 0. The standard InChI is InChI=1S/C22H26N2O5/c1-2-28-17-7-9-18(10-8-17)29-15-21(26)23-16-11-13-24(14-12-16)22(27)19-5-3-4-6-20(19)25/h3-10,16,25H,2,11-15H2,1H3,(H,23,26). The molecule has 3 rings (SSSR count). The Morgan fingerprint density at radius 1 is 1.03 bits per heavy atom. The van der Waals surface area contributed by atoms with Crippen LogP contribution in [-0.4, -0.2) is 54.2 Å². The van der Waals surface area contributed by atoms with Crippen molar-refractivity contribution in [2.24, 2.45) is 0 Å². The molecule has 0 saturated carbocycles. The molecule has 0 spiro atoms. The fourth-order valence-corrected chi connectivity index (χ4v) is 3.27. The highest BCUT2D eigenvalue weighted by Crippen LogP contribution is 2.21. The molecule has 1 heterocycles. The van der Waals surface area contributed by atoms with Crippen LogP contribution in [0.1, 0.15) is 30.1 Å². The van der Waals surface area contributed by atoms with Gasteiger partial charge >= 0.3 is 0 Å². The van der Waals surface area contributed by atoms with E-state index in [0.717, 1.165) is 5.75 Å². The van der Waals surface area contributed by atoms with Gasteiger partial charge in [0.25, 0.3) is 11.8 Å². The number of benzene rings is 2. The van der Waals surface area contributed by atoms with Crippen molar-refractivity contribution in [3.63, 3.8) is 0 Å². The minimum atomic E-state index is -0.190. The lowest BCUT2D eigenvalue weighted by atomic mass is 10.0. The van der Waals surface area contributed by atoms with E-state index in [2.05, 4.69) is 5.32 Å². The SMILES string of the molecule is CCOc1ccc(OCC(=O)NC2CCN(C(=O)c3ccccc3O)CC2)cc1.